The Balaban J connectivity index is 2.49. The Morgan fingerprint density at radius 2 is 1.95 bits per heavy atom. The van der Waals surface area contributed by atoms with E-state index in [2.05, 4.69) is 0 Å². The Labute approximate surface area is 117 Å². The van der Waals surface area contributed by atoms with E-state index >= 15 is 0 Å². The highest BCUT2D eigenvalue weighted by atomic mass is 35.5. The van der Waals surface area contributed by atoms with Crippen LogP contribution in [0.25, 0.3) is 0 Å². The standard InChI is InChI=1S/C15H14ClNO2/c1-10-4-3-5-12(8-10)17(2)14-7-6-11(16)9-13(14)15(18)19/h3-9H,1-2H3,(H,18,19). The lowest BCUT2D eigenvalue weighted by molar-refractivity contribution is 0.0697. The lowest BCUT2D eigenvalue weighted by Crippen LogP contribution is -2.14. The minimum Gasteiger partial charge on any atom is -0.478 e. The highest BCUT2D eigenvalue weighted by Crippen LogP contribution is 2.29. The molecule has 0 aromatic heterocycles. The predicted octanol–water partition coefficient (Wildman–Crippen LogP) is 4.11. The van der Waals surface area contributed by atoms with E-state index < -0.39 is 5.97 Å². The number of aromatic carboxylic acids is 1. The van der Waals surface area contributed by atoms with Crippen molar-refractivity contribution < 1.29 is 9.90 Å². The second-order valence-electron chi connectivity index (χ2n) is 4.36. The van der Waals surface area contributed by atoms with Crippen LogP contribution in [-0.2, 0) is 0 Å². The van der Waals surface area contributed by atoms with Gasteiger partial charge in [0.05, 0.1) is 11.3 Å². The average molecular weight is 276 g/mol. The van der Waals surface area contributed by atoms with Crippen LogP contribution in [0.4, 0.5) is 11.4 Å². The highest BCUT2D eigenvalue weighted by molar-refractivity contribution is 6.31. The molecule has 2 rings (SSSR count). The van der Waals surface area contributed by atoms with Crippen LogP contribution in [0.2, 0.25) is 5.02 Å². The molecule has 0 aliphatic heterocycles. The van der Waals surface area contributed by atoms with E-state index in [0.717, 1.165) is 11.3 Å². The molecule has 2 aromatic rings. The molecule has 0 radical (unpaired) electrons. The molecule has 0 amide bonds. The molecule has 0 saturated heterocycles. The predicted molar refractivity (Wildman–Crippen MR) is 77.7 cm³/mol. The summed E-state index contributed by atoms with van der Waals surface area (Å²) >= 11 is 5.85. The van der Waals surface area contributed by atoms with Crippen molar-refractivity contribution in [2.75, 3.05) is 11.9 Å². The van der Waals surface area contributed by atoms with Crippen LogP contribution in [0.5, 0.6) is 0 Å². The van der Waals surface area contributed by atoms with E-state index in [4.69, 9.17) is 11.6 Å². The largest absolute Gasteiger partial charge is 0.478 e. The number of rotatable bonds is 3. The third-order valence-electron chi connectivity index (χ3n) is 2.94. The second kappa shape index (κ2) is 5.33. The zero-order valence-corrected chi connectivity index (χ0v) is 11.5. The summed E-state index contributed by atoms with van der Waals surface area (Å²) in [5.41, 5.74) is 2.86. The van der Waals surface area contributed by atoms with Gasteiger partial charge in [0.15, 0.2) is 0 Å². The molecule has 0 aliphatic carbocycles. The molecule has 0 unspecified atom stereocenters. The maximum absolute atomic E-state index is 11.3. The van der Waals surface area contributed by atoms with Crippen molar-refractivity contribution in [3.05, 3.63) is 58.6 Å². The van der Waals surface area contributed by atoms with Gasteiger partial charge in [-0.15, -0.1) is 0 Å². The van der Waals surface area contributed by atoms with Crippen molar-refractivity contribution in [1.82, 2.24) is 0 Å². The summed E-state index contributed by atoms with van der Waals surface area (Å²) in [5, 5.41) is 9.67. The van der Waals surface area contributed by atoms with Crippen LogP contribution in [0.1, 0.15) is 15.9 Å². The van der Waals surface area contributed by atoms with Gasteiger partial charge in [-0.1, -0.05) is 23.7 Å². The third kappa shape index (κ3) is 2.88. The monoisotopic (exact) mass is 275 g/mol. The minimum atomic E-state index is -0.989. The number of benzene rings is 2. The summed E-state index contributed by atoms with van der Waals surface area (Å²) in [6, 6.07) is 12.7. The second-order valence-corrected chi connectivity index (χ2v) is 4.80. The summed E-state index contributed by atoms with van der Waals surface area (Å²) in [6.07, 6.45) is 0. The number of nitrogens with zero attached hydrogens (tertiary/aromatic N) is 1. The summed E-state index contributed by atoms with van der Waals surface area (Å²) in [5.74, 6) is -0.989. The van der Waals surface area contributed by atoms with Crippen LogP contribution in [-0.4, -0.2) is 18.1 Å². The Morgan fingerprint density at radius 1 is 1.21 bits per heavy atom. The third-order valence-corrected chi connectivity index (χ3v) is 3.17. The number of halogens is 1. The number of aryl methyl sites for hydroxylation is 1. The SMILES string of the molecule is Cc1cccc(N(C)c2ccc(Cl)cc2C(=O)O)c1. The Hall–Kier alpha value is -2.00. The van der Waals surface area contributed by atoms with Gasteiger partial charge in [-0.3, -0.25) is 0 Å². The molecule has 98 valence electrons. The molecule has 0 spiro atoms. The van der Waals surface area contributed by atoms with Gasteiger partial charge in [-0.05, 0) is 42.8 Å². The summed E-state index contributed by atoms with van der Waals surface area (Å²) < 4.78 is 0. The zero-order valence-electron chi connectivity index (χ0n) is 10.7. The first-order valence-corrected chi connectivity index (χ1v) is 6.20. The first-order valence-electron chi connectivity index (χ1n) is 5.82. The number of anilines is 2. The van der Waals surface area contributed by atoms with Crippen molar-refractivity contribution in [3.8, 4) is 0 Å². The summed E-state index contributed by atoms with van der Waals surface area (Å²) in [4.78, 5) is 13.1. The van der Waals surface area contributed by atoms with Crippen molar-refractivity contribution >= 4 is 28.9 Å². The fourth-order valence-corrected chi connectivity index (χ4v) is 2.12. The summed E-state index contributed by atoms with van der Waals surface area (Å²) in [6.45, 7) is 2.00. The fourth-order valence-electron chi connectivity index (χ4n) is 1.95. The van der Waals surface area contributed by atoms with Gasteiger partial charge in [0.1, 0.15) is 0 Å². The maximum atomic E-state index is 11.3. The van der Waals surface area contributed by atoms with Crippen molar-refractivity contribution in [2.24, 2.45) is 0 Å². The van der Waals surface area contributed by atoms with Crippen LogP contribution < -0.4 is 4.90 Å². The Kier molecular flexibility index (Phi) is 3.76. The van der Waals surface area contributed by atoms with Gasteiger partial charge in [-0.25, -0.2) is 4.79 Å². The number of hydrogen-bond acceptors (Lipinski definition) is 2. The van der Waals surface area contributed by atoms with Crippen molar-refractivity contribution in [2.45, 2.75) is 6.92 Å². The smallest absolute Gasteiger partial charge is 0.337 e. The lowest BCUT2D eigenvalue weighted by atomic mass is 10.1. The van der Waals surface area contributed by atoms with Gasteiger partial charge in [0.25, 0.3) is 0 Å². The quantitative estimate of drug-likeness (QED) is 0.916. The molecule has 3 nitrogen and oxygen atoms in total. The van der Waals surface area contributed by atoms with E-state index in [9.17, 15) is 9.90 Å². The molecule has 0 atom stereocenters. The molecular formula is C15H14ClNO2. The molecule has 2 aromatic carbocycles. The molecule has 0 bridgehead atoms. The fraction of sp³-hybridized carbons (Fsp3) is 0.133. The van der Waals surface area contributed by atoms with E-state index in [-0.39, 0.29) is 5.56 Å². The molecule has 4 heteroatoms. The Morgan fingerprint density at radius 3 is 2.58 bits per heavy atom. The molecule has 0 heterocycles. The zero-order chi connectivity index (χ0) is 14.0. The molecular weight excluding hydrogens is 262 g/mol. The van der Waals surface area contributed by atoms with Crippen LogP contribution in [0.3, 0.4) is 0 Å². The molecule has 19 heavy (non-hydrogen) atoms. The molecule has 0 fully saturated rings. The number of hydrogen-bond donors (Lipinski definition) is 1. The van der Waals surface area contributed by atoms with Crippen molar-refractivity contribution in [1.29, 1.82) is 0 Å². The number of carboxylic acid groups (broad SMARTS) is 1. The number of carboxylic acids is 1. The Bertz CT molecular complexity index is 625. The molecule has 0 aliphatic rings. The van der Waals surface area contributed by atoms with E-state index in [1.165, 1.54) is 6.07 Å². The summed E-state index contributed by atoms with van der Waals surface area (Å²) in [7, 11) is 1.84. The topological polar surface area (TPSA) is 40.5 Å². The van der Waals surface area contributed by atoms with Gasteiger partial charge < -0.3 is 10.0 Å². The van der Waals surface area contributed by atoms with Gasteiger partial charge in [0, 0.05) is 17.8 Å². The first-order chi connectivity index (χ1) is 8.99. The van der Waals surface area contributed by atoms with E-state index in [0.29, 0.717) is 10.7 Å². The lowest BCUT2D eigenvalue weighted by Gasteiger charge is -2.22. The van der Waals surface area contributed by atoms with E-state index in [1.54, 1.807) is 12.1 Å². The van der Waals surface area contributed by atoms with Gasteiger partial charge in [-0.2, -0.15) is 0 Å². The average Bonchev–Trinajstić information content (AvgIpc) is 2.37. The minimum absolute atomic E-state index is 0.191. The van der Waals surface area contributed by atoms with Gasteiger partial charge >= 0.3 is 5.97 Å². The van der Waals surface area contributed by atoms with Crippen LogP contribution >= 0.6 is 11.6 Å². The normalized spacial score (nSPS) is 10.3. The molecule has 1 N–H and O–H groups in total. The van der Waals surface area contributed by atoms with Crippen LogP contribution in [0.15, 0.2) is 42.5 Å². The van der Waals surface area contributed by atoms with Gasteiger partial charge in [0.2, 0.25) is 0 Å². The molecule has 0 saturated carbocycles. The first kappa shape index (κ1) is 13.4. The van der Waals surface area contributed by atoms with Crippen molar-refractivity contribution in [3.63, 3.8) is 0 Å². The van der Waals surface area contributed by atoms with Crippen LogP contribution in [0, 0.1) is 6.92 Å². The highest BCUT2D eigenvalue weighted by Gasteiger charge is 2.15. The maximum Gasteiger partial charge on any atom is 0.337 e. The van der Waals surface area contributed by atoms with E-state index in [1.807, 2.05) is 43.1 Å². The number of carbonyl (C=O) groups is 1.